The number of thiophene rings is 1. The molecule has 1 saturated heterocycles. The first-order valence-corrected chi connectivity index (χ1v) is 11.6. The summed E-state index contributed by atoms with van der Waals surface area (Å²) >= 11 is 6.98. The van der Waals surface area contributed by atoms with E-state index in [1.54, 1.807) is 11.3 Å². The molecule has 160 valence electrons. The Hall–Kier alpha value is -2.80. The van der Waals surface area contributed by atoms with Crippen molar-refractivity contribution in [1.82, 2.24) is 24.6 Å². The molecule has 3 aromatic rings. The minimum absolute atomic E-state index is 0.153. The predicted octanol–water partition coefficient (Wildman–Crippen LogP) is 3.67. The van der Waals surface area contributed by atoms with Crippen LogP contribution in [0.5, 0.6) is 0 Å². The molecule has 31 heavy (non-hydrogen) atoms. The van der Waals surface area contributed by atoms with Crippen molar-refractivity contribution < 1.29 is 4.79 Å². The van der Waals surface area contributed by atoms with Gasteiger partial charge in [-0.15, -0.1) is 11.3 Å². The fraction of sp³-hybridized carbons (Fsp3) is 0.364. The average molecular weight is 453 g/mol. The summed E-state index contributed by atoms with van der Waals surface area (Å²) in [7, 11) is 0. The lowest BCUT2D eigenvalue weighted by Gasteiger charge is -2.22. The van der Waals surface area contributed by atoms with Crippen LogP contribution in [0.1, 0.15) is 24.0 Å². The zero-order valence-corrected chi connectivity index (χ0v) is 18.8. The van der Waals surface area contributed by atoms with E-state index in [1.807, 2.05) is 51.2 Å². The van der Waals surface area contributed by atoms with Crippen LogP contribution in [0, 0.1) is 16.1 Å². The van der Waals surface area contributed by atoms with Gasteiger partial charge >= 0.3 is 0 Å². The van der Waals surface area contributed by atoms with Gasteiger partial charge in [0.1, 0.15) is 0 Å². The van der Waals surface area contributed by atoms with Crippen molar-refractivity contribution >= 4 is 29.5 Å². The smallest absolute Gasteiger partial charge is 0.224 e. The van der Waals surface area contributed by atoms with Gasteiger partial charge in [0.05, 0.1) is 16.5 Å². The third kappa shape index (κ3) is 5.28. The van der Waals surface area contributed by atoms with Crippen LogP contribution in [0.15, 0.2) is 41.8 Å². The zero-order valence-electron chi connectivity index (χ0n) is 17.2. The van der Waals surface area contributed by atoms with Crippen molar-refractivity contribution in [2.75, 3.05) is 26.2 Å². The molecular weight excluding hydrogens is 428 g/mol. The molecule has 1 aliphatic rings. The number of carbonyl (C=O) groups is 1. The molecule has 2 aromatic heterocycles. The molecule has 9 heteroatoms. The van der Waals surface area contributed by atoms with Gasteiger partial charge in [0.15, 0.2) is 10.6 Å². The number of benzene rings is 1. The van der Waals surface area contributed by atoms with Crippen molar-refractivity contribution in [2.24, 2.45) is 0 Å². The third-order valence-corrected chi connectivity index (χ3v) is 6.66. The summed E-state index contributed by atoms with van der Waals surface area (Å²) in [5.74, 6) is 0.942. The first kappa shape index (κ1) is 21.4. The number of nitriles is 1. The molecule has 0 atom stereocenters. The number of rotatable bonds is 6. The van der Waals surface area contributed by atoms with Gasteiger partial charge < -0.3 is 4.90 Å². The summed E-state index contributed by atoms with van der Waals surface area (Å²) in [5.41, 5.74) is 1.87. The van der Waals surface area contributed by atoms with Gasteiger partial charge in [-0.2, -0.15) is 10.4 Å². The number of carbonyl (C=O) groups excluding carboxylic acids is 1. The molecule has 3 heterocycles. The van der Waals surface area contributed by atoms with E-state index >= 15 is 0 Å². The van der Waals surface area contributed by atoms with Gasteiger partial charge in [-0.05, 0) is 47.8 Å². The van der Waals surface area contributed by atoms with E-state index < -0.39 is 0 Å². The molecule has 1 aromatic carbocycles. The minimum atomic E-state index is 0.153. The van der Waals surface area contributed by atoms with Crippen LogP contribution >= 0.6 is 23.6 Å². The summed E-state index contributed by atoms with van der Waals surface area (Å²) < 4.78 is 2.45. The highest BCUT2D eigenvalue weighted by Gasteiger charge is 2.20. The van der Waals surface area contributed by atoms with Crippen LogP contribution in [0.25, 0.3) is 10.7 Å². The van der Waals surface area contributed by atoms with E-state index in [2.05, 4.69) is 21.2 Å². The van der Waals surface area contributed by atoms with Crippen LogP contribution < -0.4 is 0 Å². The molecule has 0 aliphatic carbocycles. The van der Waals surface area contributed by atoms with E-state index in [4.69, 9.17) is 17.5 Å². The largest absolute Gasteiger partial charge is 0.341 e. The number of aromatic amines is 1. The molecule has 1 fully saturated rings. The fourth-order valence-electron chi connectivity index (χ4n) is 3.81. The van der Waals surface area contributed by atoms with Gasteiger partial charge in [-0.1, -0.05) is 18.2 Å². The lowest BCUT2D eigenvalue weighted by atomic mass is 10.1. The molecule has 0 unspecified atom stereocenters. The Kier molecular flexibility index (Phi) is 6.92. The first-order chi connectivity index (χ1) is 15.1. The molecule has 0 saturated carbocycles. The molecule has 0 radical (unpaired) electrons. The van der Waals surface area contributed by atoms with Gasteiger partial charge in [0.2, 0.25) is 5.91 Å². The number of nitrogens with zero attached hydrogens (tertiary/aromatic N) is 5. The summed E-state index contributed by atoms with van der Waals surface area (Å²) in [6, 6.07) is 13.9. The monoisotopic (exact) mass is 452 g/mol. The number of hydrogen-bond donors (Lipinski definition) is 1. The Morgan fingerprint density at radius 3 is 2.77 bits per heavy atom. The Bertz CT molecular complexity index is 1110. The van der Waals surface area contributed by atoms with Crippen molar-refractivity contribution in [1.29, 1.82) is 5.26 Å². The van der Waals surface area contributed by atoms with Crippen LogP contribution in [0.2, 0.25) is 0 Å². The third-order valence-electron chi connectivity index (χ3n) is 5.48. The van der Waals surface area contributed by atoms with Crippen LogP contribution in [-0.4, -0.2) is 56.7 Å². The SMILES string of the molecule is N#Cc1ccc(CN2CCCN(C(=O)CCn3c(-c4cccs4)n[nH]c3=S)CC2)cc1. The second kappa shape index (κ2) is 10.0. The fourth-order valence-corrected chi connectivity index (χ4v) is 4.75. The highest BCUT2D eigenvalue weighted by atomic mass is 32.1. The van der Waals surface area contributed by atoms with E-state index in [0.717, 1.165) is 49.8 Å². The van der Waals surface area contributed by atoms with Gasteiger partial charge in [-0.25, -0.2) is 0 Å². The second-order valence-corrected chi connectivity index (χ2v) is 8.88. The van der Waals surface area contributed by atoms with Crippen LogP contribution in [0.3, 0.4) is 0 Å². The van der Waals surface area contributed by atoms with Crippen molar-refractivity contribution in [3.8, 4) is 16.8 Å². The van der Waals surface area contributed by atoms with E-state index in [0.29, 0.717) is 23.3 Å². The van der Waals surface area contributed by atoms with Gasteiger partial charge in [-0.3, -0.25) is 19.4 Å². The number of H-pyrrole nitrogens is 1. The molecule has 1 aliphatic heterocycles. The average Bonchev–Trinajstić information content (AvgIpc) is 3.38. The lowest BCUT2D eigenvalue weighted by Crippen LogP contribution is -2.35. The van der Waals surface area contributed by atoms with Crippen molar-refractivity contribution in [3.05, 3.63) is 57.7 Å². The maximum atomic E-state index is 12.9. The maximum absolute atomic E-state index is 12.9. The quantitative estimate of drug-likeness (QED) is 0.577. The highest BCUT2D eigenvalue weighted by molar-refractivity contribution is 7.71. The van der Waals surface area contributed by atoms with Gasteiger partial charge in [0, 0.05) is 45.7 Å². The molecule has 4 rings (SSSR count). The number of amides is 1. The zero-order chi connectivity index (χ0) is 21.6. The van der Waals surface area contributed by atoms with Crippen molar-refractivity contribution in [3.63, 3.8) is 0 Å². The topological polar surface area (TPSA) is 80.9 Å². The molecule has 0 spiro atoms. The Balaban J connectivity index is 1.32. The number of aromatic nitrogens is 3. The standard InChI is InChI=1S/C22H24N6OS2/c23-15-17-4-6-18(7-5-17)16-26-9-2-10-27(13-12-26)20(29)8-11-28-21(24-25-22(28)30)19-3-1-14-31-19/h1,3-7,14H,2,8-13,16H2,(H,25,30). The first-order valence-electron chi connectivity index (χ1n) is 10.3. The number of nitrogens with one attached hydrogen (secondary N) is 1. The normalized spacial score (nSPS) is 14.9. The molecule has 0 bridgehead atoms. The highest BCUT2D eigenvalue weighted by Crippen LogP contribution is 2.23. The van der Waals surface area contributed by atoms with Gasteiger partial charge in [0.25, 0.3) is 0 Å². The molecule has 1 amide bonds. The molecule has 1 N–H and O–H groups in total. The summed E-state index contributed by atoms with van der Waals surface area (Å²) in [6.45, 7) is 4.66. The van der Waals surface area contributed by atoms with Crippen LogP contribution in [-0.2, 0) is 17.9 Å². The maximum Gasteiger partial charge on any atom is 0.224 e. The lowest BCUT2D eigenvalue weighted by molar-refractivity contribution is -0.131. The van der Waals surface area contributed by atoms with E-state index in [1.165, 1.54) is 5.56 Å². The van der Waals surface area contributed by atoms with E-state index in [9.17, 15) is 4.79 Å². The van der Waals surface area contributed by atoms with E-state index in [-0.39, 0.29) is 5.91 Å². The Morgan fingerprint density at radius 2 is 2.03 bits per heavy atom. The molecule has 7 nitrogen and oxygen atoms in total. The Labute approximate surface area is 190 Å². The predicted molar refractivity (Wildman–Crippen MR) is 123 cm³/mol. The summed E-state index contributed by atoms with van der Waals surface area (Å²) in [5, 5.41) is 18.1. The second-order valence-electron chi connectivity index (χ2n) is 7.55. The Morgan fingerprint density at radius 1 is 1.19 bits per heavy atom. The minimum Gasteiger partial charge on any atom is -0.341 e. The molecular formula is C22H24N6OS2. The summed E-state index contributed by atoms with van der Waals surface area (Å²) in [6.07, 6.45) is 1.36. The van der Waals surface area contributed by atoms with Crippen molar-refractivity contribution in [2.45, 2.75) is 25.9 Å². The number of hydrogen-bond acceptors (Lipinski definition) is 6. The van der Waals surface area contributed by atoms with Crippen LogP contribution in [0.4, 0.5) is 0 Å². The summed E-state index contributed by atoms with van der Waals surface area (Å²) in [4.78, 5) is 18.3.